The summed E-state index contributed by atoms with van der Waals surface area (Å²) in [6.45, 7) is 6.57. The van der Waals surface area contributed by atoms with Crippen LogP contribution in [0.15, 0.2) is 11.4 Å². The fraction of sp³-hybridized carbons (Fsp3) is 0.857. The minimum absolute atomic E-state index is 0.421. The standard InChI is InChI=1S/C14H27O3P/c1-4-16-18(15,17-5-2)12-13(3)11-14-9-7-6-8-10-14/h12,14H,4-11H2,1-3H3/b13-12+. The molecule has 1 fully saturated rings. The van der Waals surface area contributed by atoms with Crippen molar-refractivity contribution in [1.82, 2.24) is 0 Å². The number of rotatable bonds is 7. The molecule has 18 heavy (non-hydrogen) atoms. The van der Waals surface area contributed by atoms with Crippen LogP contribution in [0, 0.1) is 5.92 Å². The van der Waals surface area contributed by atoms with Gasteiger partial charge in [0.2, 0.25) is 0 Å². The van der Waals surface area contributed by atoms with E-state index >= 15 is 0 Å². The summed E-state index contributed by atoms with van der Waals surface area (Å²) in [4.78, 5) is 0. The van der Waals surface area contributed by atoms with Crippen LogP contribution in [0.1, 0.15) is 59.3 Å². The first kappa shape index (κ1) is 15.9. The molecule has 1 aliphatic carbocycles. The van der Waals surface area contributed by atoms with Crippen LogP contribution in [0.2, 0.25) is 0 Å². The van der Waals surface area contributed by atoms with E-state index in [9.17, 15) is 4.57 Å². The Hall–Kier alpha value is -0.110. The normalized spacial score (nSPS) is 19.2. The summed E-state index contributed by atoms with van der Waals surface area (Å²) in [6.07, 6.45) is 7.69. The van der Waals surface area contributed by atoms with E-state index in [1.54, 1.807) is 5.82 Å². The number of hydrogen-bond acceptors (Lipinski definition) is 3. The van der Waals surface area contributed by atoms with Crippen LogP contribution in [0.3, 0.4) is 0 Å². The highest BCUT2D eigenvalue weighted by molar-refractivity contribution is 7.57. The Kier molecular flexibility index (Phi) is 7.21. The average Bonchev–Trinajstić information content (AvgIpc) is 2.30. The van der Waals surface area contributed by atoms with Gasteiger partial charge in [0.25, 0.3) is 0 Å². The van der Waals surface area contributed by atoms with Gasteiger partial charge in [-0.05, 0) is 33.1 Å². The maximum atomic E-state index is 12.3. The molecule has 0 saturated heterocycles. The summed E-state index contributed by atoms with van der Waals surface area (Å²) in [5, 5.41) is 0. The Bertz CT molecular complexity index is 296. The van der Waals surface area contributed by atoms with E-state index < -0.39 is 7.60 Å². The molecule has 0 aromatic heterocycles. The highest BCUT2D eigenvalue weighted by Gasteiger charge is 2.21. The zero-order valence-electron chi connectivity index (χ0n) is 12.0. The maximum Gasteiger partial charge on any atom is 0.354 e. The Morgan fingerprint density at radius 2 is 1.72 bits per heavy atom. The lowest BCUT2D eigenvalue weighted by Gasteiger charge is -2.22. The van der Waals surface area contributed by atoms with Crippen molar-refractivity contribution >= 4 is 7.60 Å². The van der Waals surface area contributed by atoms with Crippen LogP contribution in [0.5, 0.6) is 0 Å². The van der Waals surface area contributed by atoms with Gasteiger partial charge in [0.05, 0.1) is 13.2 Å². The number of allylic oxidation sites excluding steroid dienone is 1. The van der Waals surface area contributed by atoms with Gasteiger partial charge >= 0.3 is 7.60 Å². The Morgan fingerprint density at radius 1 is 1.17 bits per heavy atom. The lowest BCUT2D eigenvalue weighted by Crippen LogP contribution is -2.06. The molecular weight excluding hydrogens is 247 g/mol. The van der Waals surface area contributed by atoms with Crippen molar-refractivity contribution in [3.63, 3.8) is 0 Å². The molecule has 1 aliphatic rings. The molecule has 0 aromatic rings. The van der Waals surface area contributed by atoms with Gasteiger partial charge in [-0.3, -0.25) is 4.57 Å². The molecule has 0 aromatic carbocycles. The van der Waals surface area contributed by atoms with Crippen LogP contribution in [-0.4, -0.2) is 13.2 Å². The second-order valence-electron chi connectivity index (χ2n) is 5.06. The topological polar surface area (TPSA) is 35.5 Å². The Labute approximate surface area is 111 Å². The lowest BCUT2D eigenvalue weighted by molar-refractivity contribution is 0.228. The van der Waals surface area contributed by atoms with Crippen molar-refractivity contribution in [2.45, 2.75) is 59.3 Å². The minimum Gasteiger partial charge on any atom is -0.306 e. The van der Waals surface area contributed by atoms with Gasteiger partial charge in [0.1, 0.15) is 0 Å². The van der Waals surface area contributed by atoms with Crippen LogP contribution >= 0.6 is 7.60 Å². The summed E-state index contributed by atoms with van der Waals surface area (Å²) >= 11 is 0. The SMILES string of the molecule is CCOP(=O)(/C=C(\C)CC1CCCCC1)OCC. The molecule has 0 amide bonds. The van der Waals surface area contributed by atoms with Crippen molar-refractivity contribution in [1.29, 1.82) is 0 Å². The third-order valence-corrected chi connectivity index (χ3v) is 5.33. The van der Waals surface area contributed by atoms with Crippen molar-refractivity contribution in [3.05, 3.63) is 11.4 Å². The first-order chi connectivity index (χ1) is 8.59. The molecule has 0 unspecified atom stereocenters. The van der Waals surface area contributed by atoms with E-state index in [0.717, 1.165) is 17.9 Å². The molecule has 3 nitrogen and oxygen atoms in total. The second-order valence-corrected chi connectivity index (χ2v) is 6.91. The maximum absolute atomic E-state index is 12.3. The van der Waals surface area contributed by atoms with Gasteiger partial charge < -0.3 is 9.05 Å². The predicted molar refractivity (Wildman–Crippen MR) is 75.8 cm³/mol. The zero-order valence-corrected chi connectivity index (χ0v) is 12.9. The predicted octanol–water partition coefficient (Wildman–Crippen LogP) is 5.13. The lowest BCUT2D eigenvalue weighted by atomic mass is 9.85. The minimum atomic E-state index is -3.01. The highest BCUT2D eigenvalue weighted by Crippen LogP contribution is 2.51. The molecule has 1 saturated carbocycles. The van der Waals surface area contributed by atoms with Gasteiger partial charge in [0.15, 0.2) is 0 Å². The molecule has 106 valence electrons. The molecule has 0 atom stereocenters. The van der Waals surface area contributed by atoms with E-state index in [-0.39, 0.29) is 0 Å². The molecule has 0 heterocycles. The molecular formula is C14H27O3P. The largest absolute Gasteiger partial charge is 0.354 e. The monoisotopic (exact) mass is 274 g/mol. The third-order valence-electron chi connectivity index (χ3n) is 3.33. The van der Waals surface area contributed by atoms with Gasteiger partial charge in [-0.1, -0.05) is 37.7 Å². The van der Waals surface area contributed by atoms with Crippen LogP contribution < -0.4 is 0 Å². The smallest absolute Gasteiger partial charge is 0.306 e. The van der Waals surface area contributed by atoms with E-state index in [0.29, 0.717) is 13.2 Å². The van der Waals surface area contributed by atoms with Crippen molar-refractivity contribution in [2.24, 2.45) is 5.92 Å². The summed E-state index contributed by atoms with van der Waals surface area (Å²) < 4.78 is 22.9. The fourth-order valence-corrected chi connectivity index (χ4v) is 4.23. The quantitative estimate of drug-likeness (QED) is 0.604. The van der Waals surface area contributed by atoms with Crippen LogP contribution in [0.25, 0.3) is 0 Å². The van der Waals surface area contributed by atoms with Crippen molar-refractivity contribution in [2.75, 3.05) is 13.2 Å². The van der Waals surface area contributed by atoms with E-state index in [4.69, 9.17) is 9.05 Å². The summed E-state index contributed by atoms with van der Waals surface area (Å²) in [5.74, 6) is 2.49. The molecule has 0 N–H and O–H groups in total. The van der Waals surface area contributed by atoms with Gasteiger partial charge in [-0.2, -0.15) is 0 Å². The molecule has 0 bridgehead atoms. The van der Waals surface area contributed by atoms with Gasteiger partial charge in [-0.15, -0.1) is 0 Å². The summed E-state index contributed by atoms with van der Waals surface area (Å²) in [7, 11) is -3.01. The van der Waals surface area contributed by atoms with E-state index in [1.807, 2.05) is 20.8 Å². The first-order valence-electron chi connectivity index (χ1n) is 7.16. The summed E-state index contributed by atoms with van der Waals surface area (Å²) in [5.41, 5.74) is 1.15. The summed E-state index contributed by atoms with van der Waals surface area (Å²) in [6, 6.07) is 0. The molecule has 1 rings (SSSR count). The zero-order chi connectivity index (χ0) is 13.4. The van der Waals surface area contributed by atoms with Crippen molar-refractivity contribution < 1.29 is 13.6 Å². The van der Waals surface area contributed by atoms with E-state index in [1.165, 1.54) is 32.1 Å². The van der Waals surface area contributed by atoms with Gasteiger partial charge in [0, 0.05) is 5.82 Å². The first-order valence-corrected chi connectivity index (χ1v) is 8.78. The van der Waals surface area contributed by atoms with Crippen molar-refractivity contribution in [3.8, 4) is 0 Å². The molecule has 0 spiro atoms. The second kappa shape index (κ2) is 8.14. The van der Waals surface area contributed by atoms with Crippen LogP contribution in [-0.2, 0) is 13.6 Å². The highest BCUT2D eigenvalue weighted by atomic mass is 31.2. The molecule has 0 radical (unpaired) electrons. The van der Waals surface area contributed by atoms with Crippen LogP contribution in [0.4, 0.5) is 0 Å². The Balaban J connectivity index is 2.57. The molecule has 4 heteroatoms. The third kappa shape index (κ3) is 5.69. The Morgan fingerprint density at radius 3 is 2.22 bits per heavy atom. The molecule has 0 aliphatic heterocycles. The number of hydrogen-bond donors (Lipinski definition) is 0. The fourth-order valence-electron chi connectivity index (χ4n) is 2.64. The van der Waals surface area contributed by atoms with E-state index in [2.05, 4.69) is 0 Å². The average molecular weight is 274 g/mol. The van der Waals surface area contributed by atoms with Gasteiger partial charge in [-0.25, -0.2) is 0 Å².